The molecule has 3 aliphatic rings. The van der Waals surface area contributed by atoms with Crippen LogP contribution in [0.3, 0.4) is 0 Å². The van der Waals surface area contributed by atoms with Crippen molar-refractivity contribution in [1.82, 2.24) is 40.5 Å². The fourth-order valence-corrected chi connectivity index (χ4v) is 9.15. The van der Waals surface area contributed by atoms with Crippen LogP contribution in [0.1, 0.15) is 72.3 Å². The number of rotatable bonds is 21. The van der Waals surface area contributed by atoms with E-state index in [-0.39, 0.29) is 65.8 Å². The maximum atomic E-state index is 14.7. The number of anilines is 3. The minimum Gasteiger partial charge on any atom is -0.487 e. The number of hydrogen-bond acceptors (Lipinski definition) is 14. The quantitative estimate of drug-likeness (QED) is 0.0525. The normalized spacial score (nSPS) is 19.5. The highest BCUT2D eigenvalue weighted by atomic mass is 35.5. The van der Waals surface area contributed by atoms with Gasteiger partial charge in [-0.05, 0) is 68.5 Å². The lowest BCUT2D eigenvalue weighted by Crippen LogP contribution is -2.52. The molecule has 2 aromatic carbocycles. The zero-order valence-corrected chi connectivity index (χ0v) is 37.2. The van der Waals surface area contributed by atoms with Gasteiger partial charge in [0.15, 0.2) is 16.7 Å². The summed E-state index contributed by atoms with van der Waals surface area (Å²) in [4.78, 5) is 60.6. The number of pyridine rings is 1. The van der Waals surface area contributed by atoms with Gasteiger partial charge in [0.05, 0.1) is 49.8 Å². The van der Waals surface area contributed by atoms with Crippen LogP contribution in [0, 0.1) is 5.82 Å². The molecule has 8 rings (SSSR count). The summed E-state index contributed by atoms with van der Waals surface area (Å²) in [6, 6.07) is 15.1. The van der Waals surface area contributed by atoms with Gasteiger partial charge in [-0.2, -0.15) is 0 Å². The van der Waals surface area contributed by atoms with Gasteiger partial charge in [0.25, 0.3) is 5.91 Å². The van der Waals surface area contributed by atoms with E-state index in [1.807, 2.05) is 29.8 Å². The second-order valence-electron chi connectivity index (χ2n) is 16.2. The molecule has 0 radical (unpaired) electrons. The van der Waals surface area contributed by atoms with Gasteiger partial charge in [-0.1, -0.05) is 35.0 Å². The Labute approximate surface area is 383 Å². The number of imide groups is 1. The van der Waals surface area contributed by atoms with Gasteiger partial charge >= 0.3 is 0 Å². The number of thiazole rings is 1. The number of benzene rings is 2. The van der Waals surface area contributed by atoms with Crippen molar-refractivity contribution in [3.8, 4) is 5.75 Å². The van der Waals surface area contributed by atoms with Crippen molar-refractivity contribution in [3.05, 3.63) is 106 Å². The lowest BCUT2D eigenvalue weighted by Gasteiger charge is -2.38. The van der Waals surface area contributed by atoms with Crippen molar-refractivity contribution in [2.75, 3.05) is 50.2 Å². The summed E-state index contributed by atoms with van der Waals surface area (Å²) in [5.74, 6) is -1.03. The predicted molar refractivity (Wildman–Crippen MR) is 240 cm³/mol. The number of fused-ring (bicyclic) bond motifs is 1. The van der Waals surface area contributed by atoms with Crippen LogP contribution in [0.5, 0.6) is 5.75 Å². The average molecular weight is 929 g/mol. The molecular weight excluding hydrogens is 879 g/mol. The first-order chi connectivity index (χ1) is 31.6. The molecule has 0 bridgehead atoms. The number of amides is 4. The molecule has 5 heterocycles. The first-order valence-corrected chi connectivity index (χ1v) is 23.0. The first-order valence-electron chi connectivity index (χ1n) is 21.7. The van der Waals surface area contributed by atoms with Crippen LogP contribution in [0.4, 0.5) is 21.0 Å². The lowest BCUT2D eigenvalue weighted by atomic mass is 9.68. The van der Waals surface area contributed by atoms with E-state index in [0.29, 0.717) is 88.0 Å². The minimum absolute atomic E-state index is 0.0296. The molecule has 17 nitrogen and oxygen atoms in total. The van der Waals surface area contributed by atoms with Gasteiger partial charge in [0.1, 0.15) is 11.9 Å². The van der Waals surface area contributed by atoms with Crippen molar-refractivity contribution >= 4 is 63.2 Å². The summed E-state index contributed by atoms with van der Waals surface area (Å²) in [7, 11) is 0. The zero-order chi connectivity index (χ0) is 45.2. The van der Waals surface area contributed by atoms with E-state index in [1.165, 1.54) is 22.3 Å². The van der Waals surface area contributed by atoms with E-state index in [2.05, 4.69) is 36.6 Å². The number of nitrogens with zero attached hydrogens (tertiary/aromatic N) is 6. The fraction of sp³-hybridized carbons (Fsp3) is 0.422. The Balaban J connectivity index is 0.745. The minimum atomic E-state index is -0.727. The van der Waals surface area contributed by atoms with Crippen molar-refractivity contribution in [3.63, 3.8) is 0 Å². The summed E-state index contributed by atoms with van der Waals surface area (Å²) in [6.07, 6.45) is 7.62. The highest BCUT2D eigenvalue weighted by Gasteiger charge is 2.42. The number of halogens is 2. The predicted octanol–water partition coefficient (Wildman–Crippen LogP) is 5.58. The van der Waals surface area contributed by atoms with Gasteiger partial charge in [-0.3, -0.25) is 24.5 Å². The third kappa shape index (κ3) is 11.5. The first kappa shape index (κ1) is 45.7. The molecule has 1 atom stereocenters. The molecule has 4 amide bonds. The van der Waals surface area contributed by atoms with Crippen LogP contribution in [-0.2, 0) is 48.8 Å². The monoisotopic (exact) mass is 928 g/mol. The molecule has 1 saturated heterocycles. The van der Waals surface area contributed by atoms with Gasteiger partial charge in [0.2, 0.25) is 17.7 Å². The number of carbonyl (C=O) groups is 4. The largest absolute Gasteiger partial charge is 0.487 e. The molecule has 2 fully saturated rings. The molecular formula is C45H50ClFN10O7S. The van der Waals surface area contributed by atoms with Gasteiger partial charge < -0.3 is 35.1 Å². The summed E-state index contributed by atoms with van der Waals surface area (Å²) < 4.78 is 34.2. The Morgan fingerprint density at radius 1 is 0.985 bits per heavy atom. The summed E-state index contributed by atoms with van der Waals surface area (Å²) in [6.45, 7) is 3.27. The van der Waals surface area contributed by atoms with E-state index in [4.69, 9.17) is 30.8 Å². The van der Waals surface area contributed by atoms with Crippen LogP contribution < -0.4 is 26.0 Å². The molecule has 5 aromatic rings. The maximum Gasteiger partial charge on any atom is 0.255 e. The number of aromatic nitrogens is 5. The average Bonchev–Trinajstić information content (AvgIpc) is 4.07. The third-order valence-electron chi connectivity index (χ3n) is 11.8. The van der Waals surface area contributed by atoms with Crippen molar-refractivity contribution < 1.29 is 37.8 Å². The molecule has 0 spiro atoms. The maximum absolute atomic E-state index is 14.7. The van der Waals surface area contributed by atoms with Crippen LogP contribution in [0.25, 0.3) is 0 Å². The van der Waals surface area contributed by atoms with Crippen molar-refractivity contribution in [2.45, 2.75) is 82.0 Å². The number of piperidine rings is 1. The molecule has 1 unspecified atom stereocenters. The number of nitrogens with one attached hydrogen (secondary N) is 4. The fourth-order valence-electron chi connectivity index (χ4n) is 8.45. The second kappa shape index (κ2) is 21.4. The standard InChI is InChI=1S/C45H50ClFN10O7S/c46-33-6-3-8-36(41(33)47)64-30-12-15-45(16-13-30,26-29-4-1-9-38(50-29)52-44-49-19-25-65-44)37-28-56(55-54-37)20-22-63-24-23-62-21-18-48-17-14-40(59)51-34-7-2-5-31-32(34)27-57(43(31)61)35-10-11-39(58)53-42(35)60/h1-9,19,25,28,30,35,48H,10-18,20-24,26-27H2,(H,51,59)(H,49,50,52)(H,53,58,60). The molecule has 1 saturated carbocycles. The van der Waals surface area contributed by atoms with Crippen LogP contribution in [0.15, 0.2) is 72.4 Å². The number of hydrogen-bond donors (Lipinski definition) is 4. The number of ether oxygens (including phenoxy) is 3. The van der Waals surface area contributed by atoms with Crippen LogP contribution in [0.2, 0.25) is 5.02 Å². The van der Waals surface area contributed by atoms with E-state index in [9.17, 15) is 23.6 Å². The summed E-state index contributed by atoms with van der Waals surface area (Å²) in [5, 5.41) is 23.5. The molecule has 65 heavy (non-hydrogen) atoms. The molecule has 4 N–H and O–H groups in total. The van der Waals surface area contributed by atoms with Gasteiger partial charge in [-0.15, -0.1) is 16.4 Å². The van der Waals surface area contributed by atoms with Crippen LogP contribution in [-0.4, -0.2) is 105 Å². The Morgan fingerprint density at radius 3 is 2.62 bits per heavy atom. The Kier molecular flexibility index (Phi) is 15.1. The Morgan fingerprint density at radius 2 is 1.80 bits per heavy atom. The molecule has 20 heteroatoms. The SMILES string of the molecule is O=C1CCC(N2Cc3c(NC(=O)CCNCCOCCOCCn4cc(C5(Cc6cccc(Nc7nccs7)n6)CCC(Oc6cccc(Cl)c6F)CC5)nn4)cccc3C2=O)C(=O)N1. The highest BCUT2D eigenvalue weighted by molar-refractivity contribution is 7.13. The van der Waals surface area contributed by atoms with E-state index in [0.717, 1.165) is 29.4 Å². The van der Waals surface area contributed by atoms with E-state index < -0.39 is 17.8 Å². The topological polar surface area (TPSA) is 204 Å². The number of carbonyl (C=O) groups excluding carboxylic acids is 4. The zero-order valence-electron chi connectivity index (χ0n) is 35.6. The molecule has 342 valence electrons. The smallest absolute Gasteiger partial charge is 0.255 e. The molecule has 3 aromatic heterocycles. The molecule has 2 aliphatic heterocycles. The third-order valence-corrected chi connectivity index (χ3v) is 12.8. The van der Waals surface area contributed by atoms with Crippen molar-refractivity contribution in [1.29, 1.82) is 0 Å². The van der Waals surface area contributed by atoms with Gasteiger partial charge in [0, 0.05) is 84.6 Å². The lowest BCUT2D eigenvalue weighted by molar-refractivity contribution is -0.137. The van der Waals surface area contributed by atoms with Gasteiger partial charge in [-0.25, -0.2) is 19.0 Å². The van der Waals surface area contributed by atoms with Crippen molar-refractivity contribution in [2.24, 2.45) is 0 Å². The Hall–Kier alpha value is -5.86. The summed E-state index contributed by atoms with van der Waals surface area (Å²) >= 11 is 7.52. The van der Waals surface area contributed by atoms with E-state index >= 15 is 0 Å². The van der Waals surface area contributed by atoms with E-state index in [1.54, 1.807) is 41.2 Å². The second-order valence-corrected chi connectivity index (χ2v) is 17.5. The summed E-state index contributed by atoms with van der Waals surface area (Å²) in [5.41, 5.74) is 3.00. The molecule has 1 aliphatic carbocycles. The van der Waals surface area contributed by atoms with Crippen LogP contribution >= 0.6 is 22.9 Å². The highest BCUT2D eigenvalue weighted by Crippen LogP contribution is 2.43. The Bertz CT molecular complexity index is 2470.